The van der Waals surface area contributed by atoms with E-state index < -0.39 is 0 Å². The normalized spacial score (nSPS) is 23.9. The summed E-state index contributed by atoms with van der Waals surface area (Å²) in [6, 6.07) is 10.9. The Hall–Kier alpha value is -1.78. The molecule has 0 radical (unpaired) electrons. The second-order valence-corrected chi connectivity index (χ2v) is 8.57. The zero-order chi connectivity index (χ0) is 18.5. The van der Waals surface area contributed by atoms with Crippen LogP contribution in [0.1, 0.15) is 42.6 Å². The Labute approximate surface area is 163 Å². The van der Waals surface area contributed by atoms with Gasteiger partial charge in [0, 0.05) is 37.6 Å². The van der Waals surface area contributed by atoms with Crippen LogP contribution in [0.15, 0.2) is 42.7 Å². The van der Waals surface area contributed by atoms with E-state index in [1.165, 1.54) is 76.0 Å². The molecule has 144 valence electrons. The molecule has 4 rings (SSSR count). The highest BCUT2D eigenvalue weighted by Crippen LogP contribution is 2.39. The summed E-state index contributed by atoms with van der Waals surface area (Å²) in [6.45, 7) is 9.19. The van der Waals surface area contributed by atoms with Gasteiger partial charge < -0.3 is 4.90 Å². The van der Waals surface area contributed by atoms with Gasteiger partial charge >= 0.3 is 0 Å². The van der Waals surface area contributed by atoms with Crippen LogP contribution in [-0.4, -0.2) is 52.5 Å². The lowest BCUT2D eigenvalue weighted by atomic mass is 9.79. The van der Waals surface area contributed by atoms with Gasteiger partial charge in [0.1, 0.15) is 5.82 Å². The second kappa shape index (κ2) is 8.49. The van der Waals surface area contributed by atoms with Crippen molar-refractivity contribution >= 4 is 0 Å². The Kier molecular flexibility index (Phi) is 5.84. The van der Waals surface area contributed by atoms with E-state index in [9.17, 15) is 0 Å². The van der Waals surface area contributed by atoms with Gasteiger partial charge in [0.05, 0.1) is 0 Å². The molecule has 0 bridgehead atoms. The molecule has 4 nitrogen and oxygen atoms in total. The highest BCUT2D eigenvalue weighted by Gasteiger charge is 2.40. The Morgan fingerprint density at radius 2 is 1.70 bits per heavy atom. The molecule has 3 heterocycles. The number of aryl methyl sites for hydroxylation is 2. The van der Waals surface area contributed by atoms with Crippen molar-refractivity contribution in [1.29, 1.82) is 0 Å². The van der Waals surface area contributed by atoms with Crippen LogP contribution in [0, 0.1) is 12.3 Å². The molecular weight excluding hydrogens is 332 g/mol. The molecule has 1 unspecified atom stereocenters. The molecule has 0 N–H and O–H groups in total. The second-order valence-electron chi connectivity index (χ2n) is 8.57. The average molecular weight is 365 g/mol. The first-order valence-electron chi connectivity index (χ1n) is 10.5. The topological polar surface area (TPSA) is 32.3 Å². The fourth-order valence-electron chi connectivity index (χ4n) is 4.91. The molecule has 1 atom stereocenters. The Balaban J connectivity index is 1.26. The van der Waals surface area contributed by atoms with E-state index in [-0.39, 0.29) is 0 Å². The van der Waals surface area contributed by atoms with Crippen molar-refractivity contribution in [3.05, 3.63) is 59.7 Å². The van der Waals surface area contributed by atoms with Gasteiger partial charge in [0.2, 0.25) is 0 Å². The summed E-state index contributed by atoms with van der Waals surface area (Å²) >= 11 is 0. The number of hydrogen-bond acceptors (Lipinski definition) is 4. The summed E-state index contributed by atoms with van der Waals surface area (Å²) in [4.78, 5) is 14.0. The van der Waals surface area contributed by atoms with E-state index in [0.29, 0.717) is 5.41 Å². The van der Waals surface area contributed by atoms with Gasteiger partial charge in [-0.1, -0.05) is 30.3 Å². The Morgan fingerprint density at radius 1 is 0.926 bits per heavy atom. The summed E-state index contributed by atoms with van der Waals surface area (Å²) in [5.74, 6) is 0.857. The molecule has 4 heteroatoms. The van der Waals surface area contributed by atoms with Crippen molar-refractivity contribution < 1.29 is 0 Å². The molecule has 1 spiro atoms. The molecule has 0 amide bonds. The number of likely N-dealkylation sites (tertiary alicyclic amines) is 2. The van der Waals surface area contributed by atoms with Crippen LogP contribution in [0.25, 0.3) is 0 Å². The predicted molar refractivity (Wildman–Crippen MR) is 110 cm³/mol. The van der Waals surface area contributed by atoms with Crippen molar-refractivity contribution in [3.8, 4) is 0 Å². The van der Waals surface area contributed by atoms with E-state index in [0.717, 1.165) is 12.4 Å². The molecule has 2 aliphatic rings. The van der Waals surface area contributed by atoms with Crippen molar-refractivity contribution in [2.75, 3.05) is 32.7 Å². The van der Waals surface area contributed by atoms with Gasteiger partial charge in [-0.05, 0) is 69.6 Å². The SMILES string of the molecule is Cc1ncc(CN2CCC3(CCCN(CCCc4ccccc4)C3)C2)cn1. The van der Waals surface area contributed by atoms with Crippen molar-refractivity contribution in [2.24, 2.45) is 5.41 Å². The van der Waals surface area contributed by atoms with E-state index in [1.807, 2.05) is 19.3 Å². The maximum Gasteiger partial charge on any atom is 0.125 e. The standard InChI is InChI=1S/C23H32N4/c1-20-24-15-22(16-25-20)17-27-14-11-23(19-27)10-6-13-26(18-23)12-5-9-21-7-3-2-4-8-21/h2-4,7-8,15-16H,5-6,9-14,17-19H2,1H3. The summed E-state index contributed by atoms with van der Waals surface area (Å²) in [6.07, 6.45) is 10.5. The summed E-state index contributed by atoms with van der Waals surface area (Å²) in [7, 11) is 0. The number of rotatable bonds is 6. The third kappa shape index (κ3) is 4.94. The van der Waals surface area contributed by atoms with Crippen LogP contribution in [-0.2, 0) is 13.0 Å². The molecule has 1 aromatic heterocycles. The minimum atomic E-state index is 0.510. The zero-order valence-electron chi connectivity index (χ0n) is 16.6. The third-order valence-corrected chi connectivity index (χ3v) is 6.28. The van der Waals surface area contributed by atoms with Crippen molar-refractivity contribution in [2.45, 2.75) is 45.6 Å². The van der Waals surface area contributed by atoms with Crippen LogP contribution >= 0.6 is 0 Å². The largest absolute Gasteiger partial charge is 0.303 e. The molecule has 0 saturated carbocycles. The van der Waals surface area contributed by atoms with Crippen molar-refractivity contribution in [3.63, 3.8) is 0 Å². The Morgan fingerprint density at radius 3 is 2.52 bits per heavy atom. The maximum atomic E-state index is 4.35. The quantitative estimate of drug-likeness (QED) is 0.782. The monoisotopic (exact) mass is 364 g/mol. The lowest BCUT2D eigenvalue weighted by Crippen LogP contribution is -2.45. The average Bonchev–Trinajstić information content (AvgIpc) is 3.06. The van der Waals surface area contributed by atoms with Gasteiger partial charge in [0.15, 0.2) is 0 Å². The highest BCUT2D eigenvalue weighted by molar-refractivity contribution is 5.14. The molecule has 2 saturated heterocycles. The summed E-state index contributed by atoms with van der Waals surface area (Å²) < 4.78 is 0. The van der Waals surface area contributed by atoms with Gasteiger partial charge in [-0.3, -0.25) is 4.90 Å². The lowest BCUT2D eigenvalue weighted by Gasteiger charge is -2.40. The molecule has 2 fully saturated rings. The maximum absolute atomic E-state index is 4.35. The summed E-state index contributed by atoms with van der Waals surface area (Å²) in [5, 5.41) is 0. The smallest absolute Gasteiger partial charge is 0.125 e. The number of benzene rings is 1. The first-order valence-corrected chi connectivity index (χ1v) is 10.5. The highest BCUT2D eigenvalue weighted by atomic mass is 15.2. The lowest BCUT2D eigenvalue weighted by molar-refractivity contribution is 0.0911. The van der Waals surface area contributed by atoms with E-state index in [4.69, 9.17) is 0 Å². The first kappa shape index (κ1) is 18.6. The van der Waals surface area contributed by atoms with Gasteiger partial charge in [0.25, 0.3) is 0 Å². The fourth-order valence-corrected chi connectivity index (χ4v) is 4.91. The van der Waals surface area contributed by atoms with Gasteiger partial charge in [-0.15, -0.1) is 0 Å². The van der Waals surface area contributed by atoms with Gasteiger partial charge in [-0.25, -0.2) is 9.97 Å². The molecule has 1 aromatic carbocycles. The van der Waals surface area contributed by atoms with Crippen LogP contribution in [0.3, 0.4) is 0 Å². The summed E-state index contributed by atoms with van der Waals surface area (Å²) in [5.41, 5.74) is 3.22. The van der Waals surface area contributed by atoms with Crippen LogP contribution < -0.4 is 0 Å². The van der Waals surface area contributed by atoms with Crippen LogP contribution in [0.5, 0.6) is 0 Å². The minimum absolute atomic E-state index is 0.510. The van der Waals surface area contributed by atoms with Gasteiger partial charge in [-0.2, -0.15) is 0 Å². The zero-order valence-corrected chi connectivity index (χ0v) is 16.6. The molecule has 27 heavy (non-hydrogen) atoms. The molecule has 0 aliphatic carbocycles. The number of piperidine rings is 1. The number of nitrogens with zero attached hydrogens (tertiary/aromatic N) is 4. The number of hydrogen-bond donors (Lipinski definition) is 0. The van der Waals surface area contributed by atoms with E-state index >= 15 is 0 Å². The first-order chi connectivity index (χ1) is 13.2. The fraction of sp³-hybridized carbons (Fsp3) is 0.565. The Bertz CT molecular complexity index is 715. The van der Waals surface area contributed by atoms with Crippen molar-refractivity contribution in [1.82, 2.24) is 19.8 Å². The third-order valence-electron chi connectivity index (χ3n) is 6.28. The molecular formula is C23H32N4. The predicted octanol–water partition coefficient (Wildman–Crippen LogP) is 3.71. The van der Waals surface area contributed by atoms with Crippen LogP contribution in [0.2, 0.25) is 0 Å². The van der Waals surface area contributed by atoms with Crippen LogP contribution in [0.4, 0.5) is 0 Å². The molecule has 2 aliphatic heterocycles. The van der Waals surface area contributed by atoms with E-state index in [1.54, 1.807) is 0 Å². The molecule has 2 aromatic rings. The van der Waals surface area contributed by atoms with E-state index in [2.05, 4.69) is 50.1 Å². The minimum Gasteiger partial charge on any atom is -0.303 e. The number of aromatic nitrogens is 2.